The van der Waals surface area contributed by atoms with Crippen LogP contribution in [0.5, 0.6) is 0 Å². The molecule has 0 heterocycles. The highest BCUT2D eigenvalue weighted by Gasteiger charge is 2.43. The molecular formula is C14H26O3. The van der Waals surface area contributed by atoms with Crippen LogP contribution in [-0.2, 0) is 4.79 Å². The van der Waals surface area contributed by atoms with Crippen molar-refractivity contribution in [2.45, 2.75) is 64.6 Å². The molecular weight excluding hydrogens is 216 g/mol. The SMILES string of the molecule is CCCCCC1C(CC=O)CCC1C(C)(O)O. The molecule has 0 aromatic rings. The van der Waals surface area contributed by atoms with Crippen LogP contribution in [0.15, 0.2) is 0 Å². The second kappa shape index (κ2) is 6.50. The number of carbonyl (C=O) groups excluding carboxylic acids is 1. The zero-order valence-corrected chi connectivity index (χ0v) is 11.1. The molecule has 3 heteroatoms. The Labute approximate surface area is 104 Å². The fourth-order valence-corrected chi connectivity index (χ4v) is 3.31. The van der Waals surface area contributed by atoms with Gasteiger partial charge in [0.1, 0.15) is 6.29 Å². The Morgan fingerprint density at radius 1 is 1.29 bits per heavy atom. The Morgan fingerprint density at radius 3 is 2.53 bits per heavy atom. The molecule has 2 N–H and O–H groups in total. The zero-order valence-electron chi connectivity index (χ0n) is 11.1. The third-order valence-electron chi connectivity index (χ3n) is 4.21. The van der Waals surface area contributed by atoms with Crippen molar-refractivity contribution >= 4 is 6.29 Å². The number of aldehydes is 1. The molecule has 1 rings (SSSR count). The summed E-state index contributed by atoms with van der Waals surface area (Å²) < 4.78 is 0. The Balaban J connectivity index is 2.61. The first-order valence-electron chi connectivity index (χ1n) is 6.89. The van der Waals surface area contributed by atoms with Gasteiger partial charge in [0.15, 0.2) is 5.79 Å². The second-order valence-electron chi connectivity index (χ2n) is 5.60. The molecule has 0 aromatic carbocycles. The smallest absolute Gasteiger partial charge is 0.162 e. The summed E-state index contributed by atoms with van der Waals surface area (Å²) in [5.41, 5.74) is 0. The molecule has 0 amide bonds. The molecule has 0 radical (unpaired) electrons. The molecule has 1 fully saturated rings. The number of hydrogen-bond donors (Lipinski definition) is 2. The summed E-state index contributed by atoms with van der Waals surface area (Å²) in [7, 11) is 0. The van der Waals surface area contributed by atoms with Crippen LogP contribution in [0.3, 0.4) is 0 Å². The van der Waals surface area contributed by atoms with Crippen LogP contribution < -0.4 is 0 Å². The van der Waals surface area contributed by atoms with Gasteiger partial charge in [-0.05, 0) is 38.0 Å². The van der Waals surface area contributed by atoms with E-state index < -0.39 is 5.79 Å². The van der Waals surface area contributed by atoms with E-state index in [0.29, 0.717) is 18.3 Å². The van der Waals surface area contributed by atoms with Crippen LogP contribution in [0.4, 0.5) is 0 Å². The average Bonchev–Trinajstić information content (AvgIpc) is 2.62. The van der Waals surface area contributed by atoms with Gasteiger partial charge >= 0.3 is 0 Å². The van der Waals surface area contributed by atoms with Crippen LogP contribution >= 0.6 is 0 Å². The molecule has 1 aliphatic rings. The van der Waals surface area contributed by atoms with Crippen molar-refractivity contribution in [1.82, 2.24) is 0 Å². The average molecular weight is 242 g/mol. The van der Waals surface area contributed by atoms with Crippen LogP contribution in [0.1, 0.15) is 58.8 Å². The monoisotopic (exact) mass is 242 g/mol. The Morgan fingerprint density at radius 2 is 2.00 bits per heavy atom. The molecule has 100 valence electrons. The molecule has 0 aliphatic heterocycles. The molecule has 1 aliphatic carbocycles. The number of carbonyl (C=O) groups is 1. The van der Waals surface area contributed by atoms with E-state index in [1.54, 1.807) is 0 Å². The van der Waals surface area contributed by atoms with Gasteiger partial charge in [0.2, 0.25) is 0 Å². The van der Waals surface area contributed by atoms with E-state index in [0.717, 1.165) is 32.0 Å². The third-order valence-corrected chi connectivity index (χ3v) is 4.21. The molecule has 0 spiro atoms. The standard InChI is InChI=1S/C14H26O3/c1-3-4-5-6-12-11(9-10-15)7-8-13(12)14(2,16)17/h10-13,16-17H,3-9H2,1-2H3. The Kier molecular flexibility index (Phi) is 5.60. The van der Waals surface area contributed by atoms with Gasteiger partial charge in [-0.15, -0.1) is 0 Å². The Hall–Kier alpha value is -0.410. The summed E-state index contributed by atoms with van der Waals surface area (Å²) >= 11 is 0. The van der Waals surface area contributed by atoms with Gasteiger partial charge in [-0.1, -0.05) is 26.2 Å². The van der Waals surface area contributed by atoms with Gasteiger partial charge < -0.3 is 15.0 Å². The zero-order chi connectivity index (χ0) is 12.9. The van der Waals surface area contributed by atoms with E-state index in [1.807, 2.05) is 0 Å². The lowest BCUT2D eigenvalue weighted by Crippen LogP contribution is -2.37. The maximum atomic E-state index is 10.7. The van der Waals surface area contributed by atoms with Crippen LogP contribution in [0.2, 0.25) is 0 Å². The Bertz CT molecular complexity index is 232. The third kappa shape index (κ3) is 4.07. The highest BCUT2D eigenvalue weighted by atomic mass is 16.5. The van der Waals surface area contributed by atoms with Gasteiger partial charge in [-0.3, -0.25) is 0 Å². The topological polar surface area (TPSA) is 57.5 Å². The number of aliphatic hydroxyl groups is 2. The molecule has 0 bridgehead atoms. The quantitative estimate of drug-likeness (QED) is 0.410. The van der Waals surface area contributed by atoms with Crippen molar-refractivity contribution in [3.63, 3.8) is 0 Å². The summed E-state index contributed by atoms with van der Waals surface area (Å²) in [6.45, 7) is 3.64. The minimum Gasteiger partial charge on any atom is -0.366 e. The summed E-state index contributed by atoms with van der Waals surface area (Å²) in [6.07, 6.45) is 7.84. The van der Waals surface area contributed by atoms with E-state index >= 15 is 0 Å². The fourth-order valence-electron chi connectivity index (χ4n) is 3.31. The molecule has 0 saturated heterocycles. The molecule has 3 unspecified atom stereocenters. The van der Waals surface area contributed by atoms with Crippen molar-refractivity contribution in [1.29, 1.82) is 0 Å². The minimum atomic E-state index is -1.59. The van der Waals surface area contributed by atoms with E-state index in [2.05, 4.69) is 6.92 Å². The first-order chi connectivity index (χ1) is 8.00. The second-order valence-corrected chi connectivity index (χ2v) is 5.60. The van der Waals surface area contributed by atoms with Gasteiger partial charge in [0.05, 0.1) is 0 Å². The first kappa shape index (κ1) is 14.7. The number of rotatable bonds is 7. The highest BCUT2D eigenvalue weighted by Crippen LogP contribution is 2.45. The van der Waals surface area contributed by atoms with E-state index in [9.17, 15) is 15.0 Å². The molecule has 0 aromatic heterocycles. The van der Waals surface area contributed by atoms with Crippen LogP contribution in [-0.4, -0.2) is 22.3 Å². The predicted octanol–water partition coefficient (Wildman–Crippen LogP) is 2.50. The lowest BCUT2D eigenvalue weighted by atomic mass is 9.80. The largest absolute Gasteiger partial charge is 0.366 e. The van der Waals surface area contributed by atoms with Crippen molar-refractivity contribution in [3.05, 3.63) is 0 Å². The normalized spacial score (nSPS) is 29.5. The number of hydrogen-bond acceptors (Lipinski definition) is 3. The summed E-state index contributed by atoms with van der Waals surface area (Å²) in [5.74, 6) is -1.00. The highest BCUT2D eigenvalue weighted by molar-refractivity contribution is 5.49. The summed E-state index contributed by atoms with van der Waals surface area (Å²) in [6, 6.07) is 0. The van der Waals surface area contributed by atoms with Crippen molar-refractivity contribution in [2.24, 2.45) is 17.8 Å². The summed E-state index contributed by atoms with van der Waals surface area (Å²) in [4.78, 5) is 10.7. The van der Waals surface area contributed by atoms with Crippen LogP contribution in [0.25, 0.3) is 0 Å². The lowest BCUT2D eigenvalue weighted by Gasteiger charge is -2.31. The van der Waals surface area contributed by atoms with E-state index in [1.165, 1.54) is 19.8 Å². The van der Waals surface area contributed by atoms with Gasteiger partial charge in [0.25, 0.3) is 0 Å². The first-order valence-corrected chi connectivity index (χ1v) is 6.89. The van der Waals surface area contributed by atoms with E-state index in [-0.39, 0.29) is 5.92 Å². The maximum Gasteiger partial charge on any atom is 0.162 e. The minimum absolute atomic E-state index is 0.0655. The van der Waals surface area contributed by atoms with Crippen LogP contribution in [0, 0.1) is 17.8 Å². The summed E-state index contributed by atoms with van der Waals surface area (Å²) in [5, 5.41) is 19.6. The molecule has 3 nitrogen and oxygen atoms in total. The van der Waals surface area contributed by atoms with E-state index in [4.69, 9.17) is 0 Å². The predicted molar refractivity (Wildman–Crippen MR) is 67.4 cm³/mol. The molecule has 3 atom stereocenters. The maximum absolute atomic E-state index is 10.7. The molecule has 17 heavy (non-hydrogen) atoms. The fraction of sp³-hybridized carbons (Fsp3) is 0.929. The lowest BCUT2D eigenvalue weighted by molar-refractivity contribution is -0.195. The number of unbranched alkanes of at least 4 members (excludes halogenated alkanes) is 2. The van der Waals surface area contributed by atoms with Gasteiger partial charge in [0, 0.05) is 12.3 Å². The molecule has 1 saturated carbocycles. The van der Waals surface area contributed by atoms with Crippen molar-refractivity contribution < 1.29 is 15.0 Å². The van der Waals surface area contributed by atoms with Gasteiger partial charge in [-0.2, -0.15) is 0 Å². The van der Waals surface area contributed by atoms with Gasteiger partial charge in [-0.25, -0.2) is 0 Å². The van der Waals surface area contributed by atoms with Crippen molar-refractivity contribution in [2.75, 3.05) is 0 Å². The van der Waals surface area contributed by atoms with Crippen molar-refractivity contribution in [3.8, 4) is 0 Å².